The van der Waals surface area contributed by atoms with E-state index in [0.29, 0.717) is 29.9 Å². The van der Waals surface area contributed by atoms with Crippen molar-refractivity contribution >= 4 is 16.9 Å². The number of aliphatic hydroxyl groups excluding tert-OH is 1. The zero-order valence-electron chi connectivity index (χ0n) is 19.3. The maximum absolute atomic E-state index is 13.4. The van der Waals surface area contributed by atoms with Gasteiger partial charge in [0.1, 0.15) is 0 Å². The number of hydrogen-bond acceptors (Lipinski definition) is 8. The number of likely N-dealkylation sites (N-methyl/N-ethyl adjacent to an activating group) is 1. The molecule has 35 heavy (non-hydrogen) atoms. The second kappa shape index (κ2) is 9.77. The van der Waals surface area contributed by atoms with E-state index in [9.17, 15) is 14.7 Å². The third-order valence-corrected chi connectivity index (χ3v) is 6.43. The minimum Gasteiger partial charge on any atom is -0.392 e. The summed E-state index contributed by atoms with van der Waals surface area (Å²) in [4.78, 5) is 40.0. The van der Waals surface area contributed by atoms with E-state index < -0.39 is 0 Å². The Kier molecular flexibility index (Phi) is 6.39. The molecular formula is C25H26N6O4. The Morgan fingerprint density at radius 3 is 2.94 bits per heavy atom. The molecular weight excluding hydrogens is 448 g/mol. The van der Waals surface area contributed by atoms with E-state index >= 15 is 0 Å². The van der Waals surface area contributed by atoms with Crippen LogP contribution < -0.4 is 5.56 Å². The maximum atomic E-state index is 13.4. The minimum absolute atomic E-state index is 0.0645. The molecule has 0 aliphatic carbocycles. The van der Waals surface area contributed by atoms with Crippen molar-refractivity contribution in [1.29, 1.82) is 0 Å². The zero-order valence-corrected chi connectivity index (χ0v) is 19.3. The lowest BCUT2D eigenvalue weighted by Gasteiger charge is -2.32. The molecule has 5 rings (SSSR count). The number of carbonyl (C=O) groups excluding carboxylic acids is 1. The highest BCUT2D eigenvalue weighted by atomic mass is 16.5. The normalized spacial score (nSPS) is 17.0. The van der Waals surface area contributed by atoms with E-state index in [4.69, 9.17) is 4.52 Å². The van der Waals surface area contributed by atoms with Gasteiger partial charge >= 0.3 is 0 Å². The smallest absolute Gasteiger partial charge is 0.266 e. The monoisotopic (exact) mass is 474 g/mol. The third-order valence-electron chi connectivity index (χ3n) is 6.43. The number of β-amino-alcohol motifs (C(OH)–C–C–N with tert-alkyl or cyclic N) is 1. The second-order valence-corrected chi connectivity index (χ2v) is 8.88. The summed E-state index contributed by atoms with van der Waals surface area (Å²) >= 11 is 0. The molecule has 4 aromatic rings. The lowest BCUT2D eigenvalue weighted by atomic mass is 10.0. The number of H-pyrrole nitrogens is 1. The fraction of sp³-hybridized carbons (Fsp3) is 0.320. The molecule has 1 saturated heterocycles. The highest BCUT2D eigenvalue weighted by Gasteiger charge is 2.28. The molecule has 2 aromatic carbocycles. The van der Waals surface area contributed by atoms with E-state index in [1.54, 1.807) is 24.1 Å². The Morgan fingerprint density at radius 2 is 2.17 bits per heavy atom. The van der Waals surface area contributed by atoms with Gasteiger partial charge in [-0.3, -0.25) is 14.5 Å². The third kappa shape index (κ3) is 5.13. The van der Waals surface area contributed by atoms with Gasteiger partial charge in [-0.05, 0) is 35.7 Å². The minimum atomic E-state index is -0.351. The number of rotatable bonds is 7. The summed E-state index contributed by atoms with van der Waals surface area (Å²) in [6.45, 7) is 1.94. The van der Waals surface area contributed by atoms with Gasteiger partial charge in [0.15, 0.2) is 0 Å². The number of fused-ring (bicyclic) bond motifs is 1. The summed E-state index contributed by atoms with van der Waals surface area (Å²) < 4.78 is 4.89. The van der Waals surface area contributed by atoms with Crippen molar-refractivity contribution in [3.05, 3.63) is 76.5 Å². The molecule has 10 nitrogen and oxygen atoms in total. The van der Waals surface area contributed by atoms with Crippen molar-refractivity contribution in [3.63, 3.8) is 0 Å². The molecule has 2 atom stereocenters. The first kappa shape index (κ1) is 22.9. The van der Waals surface area contributed by atoms with Gasteiger partial charge in [0.2, 0.25) is 18.1 Å². The first-order valence-corrected chi connectivity index (χ1v) is 11.5. The van der Waals surface area contributed by atoms with Gasteiger partial charge in [0.05, 0.1) is 35.8 Å². The van der Waals surface area contributed by atoms with E-state index in [2.05, 4.69) is 25.0 Å². The number of likely N-dealkylation sites (tertiary alicyclic amines) is 1. The molecule has 0 saturated carbocycles. The van der Waals surface area contributed by atoms with Gasteiger partial charge < -0.3 is 19.5 Å². The molecule has 0 radical (unpaired) electrons. The molecule has 0 spiro atoms. The number of aromatic amines is 1. The molecule has 1 aliphatic heterocycles. The number of aromatic nitrogens is 4. The summed E-state index contributed by atoms with van der Waals surface area (Å²) in [5, 5.41) is 13.9. The molecule has 1 aliphatic rings. The number of nitrogens with one attached hydrogen (secondary N) is 1. The standard InChI is InChI=1S/C25H26N6O4/c1-30(24(34)10-16-5-6-20-21(9-16)28-23(33)12-26-20)22(14-31-8-7-19(32)13-31)17-3-2-4-18(11-17)25-27-15-35-29-25/h2-6,9,11-12,15,19,22,32H,7-8,10,13-14H2,1H3,(H,28,33)/t19-,22+/m0/s1. The summed E-state index contributed by atoms with van der Waals surface area (Å²) in [6, 6.07) is 13.0. The first-order valence-electron chi connectivity index (χ1n) is 11.5. The van der Waals surface area contributed by atoms with Gasteiger partial charge in [-0.1, -0.05) is 29.4 Å². The molecule has 2 aromatic heterocycles. The van der Waals surface area contributed by atoms with Gasteiger partial charge in [-0.25, -0.2) is 4.98 Å². The zero-order chi connectivity index (χ0) is 24.4. The predicted molar refractivity (Wildman–Crippen MR) is 128 cm³/mol. The number of amides is 1. The summed E-state index contributed by atoms with van der Waals surface area (Å²) in [7, 11) is 1.80. The Balaban J connectivity index is 1.41. The quantitative estimate of drug-likeness (QED) is 0.415. The topological polar surface area (TPSA) is 128 Å². The van der Waals surface area contributed by atoms with Crippen LogP contribution in [0.25, 0.3) is 22.4 Å². The first-order chi connectivity index (χ1) is 17.0. The Hall–Kier alpha value is -3.89. The van der Waals surface area contributed by atoms with Crippen LogP contribution in [-0.2, 0) is 11.2 Å². The van der Waals surface area contributed by atoms with Gasteiger partial charge in [0.25, 0.3) is 5.56 Å². The number of carbonyl (C=O) groups is 1. The lowest BCUT2D eigenvalue weighted by Crippen LogP contribution is -2.39. The van der Waals surface area contributed by atoms with Crippen molar-refractivity contribution in [1.82, 2.24) is 29.9 Å². The van der Waals surface area contributed by atoms with Crippen LogP contribution in [0.15, 0.2) is 64.4 Å². The molecule has 1 fully saturated rings. The lowest BCUT2D eigenvalue weighted by molar-refractivity contribution is -0.131. The Bertz CT molecular complexity index is 1390. The molecule has 0 unspecified atom stereocenters. The number of nitrogens with zero attached hydrogens (tertiary/aromatic N) is 5. The number of hydrogen-bond donors (Lipinski definition) is 2. The van der Waals surface area contributed by atoms with Crippen molar-refractivity contribution in [2.24, 2.45) is 0 Å². The molecule has 1 amide bonds. The van der Waals surface area contributed by atoms with Crippen molar-refractivity contribution in [2.45, 2.75) is 25.0 Å². The van der Waals surface area contributed by atoms with Crippen LogP contribution in [0.1, 0.15) is 23.6 Å². The molecule has 180 valence electrons. The largest absolute Gasteiger partial charge is 0.392 e. The van der Waals surface area contributed by atoms with Crippen LogP contribution in [-0.4, -0.2) is 73.7 Å². The molecule has 0 bridgehead atoms. The van der Waals surface area contributed by atoms with Gasteiger partial charge in [0, 0.05) is 32.2 Å². The highest BCUT2D eigenvalue weighted by Crippen LogP contribution is 2.27. The fourth-order valence-electron chi connectivity index (χ4n) is 4.53. The number of aliphatic hydroxyl groups is 1. The molecule has 10 heteroatoms. The van der Waals surface area contributed by atoms with Crippen LogP contribution in [0.4, 0.5) is 0 Å². The SMILES string of the molecule is CN(C(=O)Cc1ccc2ncc(=O)[nH]c2c1)[C@H](CN1CC[C@H](O)C1)c1cccc(-c2ncon2)c1. The molecule has 3 heterocycles. The molecule has 2 N–H and O–H groups in total. The van der Waals surface area contributed by atoms with Gasteiger partial charge in [-0.2, -0.15) is 4.98 Å². The average molecular weight is 475 g/mol. The maximum Gasteiger partial charge on any atom is 0.266 e. The van der Waals surface area contributed by atoms with Crippen LogP contribution in [0.3, 0.4) is 0 Å². The Morgan fingerprint density at radius 1 is 1.29 bits per heavy atom. The summed E-state index contributed by atoms with van der Waals surface area (Å²) in [5.41, 5.74) is 3.51. The van der Waals surface area contributed by atoms with Crippen molar-refractivity contribution in [2.75, 3.05) is 26.7 Å². The van der Waals surface area contributed by atoms with Crippen molar-refractivity contribution in [3.8, 4) is 11.4 Å². The predicted octanol–water partition coefficient (Wildman–Crippen LogP) is 1.78. The summed E-state index contributed by atoms with van der Waals surface area (Å²) in [5.74, 6) is 0.417. The van der Waals surface area contributed by atoms with Crippen LogP contribution in [0.5, 0.6) is 0 Å². The van der Waals surface area contributed by atoms with Gasteiger partial charge in [-0.15, -0.1) is 0 Å². The van der Waals surface area contributed by atoms with E-state index in [-0.39, 0.29) is 30.0 Å². The van der Waals surface area contributed by atoms with E-state index in [1.165, 1.54) is 12.6 Å². The van der Waals surface area contributed by atoms with Crippen LogP contribution >= 0.6 is 0 Å². The van der Waals surface area contributed by atoms with E-state index in [0.717, 1.165) is 29.7 Å². The fourth-order valence-corrected chi connectivity index (χ4v) is 4.53. The van der Waals surface area contributed by atoms with E-state index in [1.807, 2.05) is 30.3 Å². The highest BCUT2D eigenvalue weighted by molar-refractivity contribution is 5.81. The van der Waals surface area contributed by atoms with Crippen molar-refractivity contribution < 1.29 is 14.4 Å². The second-order valence-electron chi connectivity index (χ2n) is 8.88. The van der Waals surface area contributed by atoms with Crippen LogP contribution in [0, 0.1) is 0 Å². The summed E-state index contributed by atoms with van der Waals surface area (Å²) in [6.07, 6.45) is 3.07. The number of benzene rings is 2. The Labute approximate surface area is 201 Å². The average Bonchev–Trinajstić information content (AvgIpc) is 3.54. The van der Waals surface area contributed by atoms with Crippen LogP contribution in [0.2, 0.25) is 0 Å².